The number of hydrogen-bond acceptors (Lipinski definition) is 15. The number of nitriles is 4. The van der Waals surface area contributed by atoms with Crippen LogP contribution in [0.25, 0.3) is 109 Å². The number of nitrogens with zero attached hydrogens (tertiary/aromatic N) is 9. The number of carbonyl (C=O) groups is 4. The van der Waals surface area contributed by atoms with Gasteiger partial charge in [-0.25, -0.2) is 0 Å². The predicted molar refractivity (Wildman–Crippen MR) is 417 cm³/mol. The Morgan fingerprint density at radius 1 is 0.415 bits per heavy atom. The fraction of sp³-hybridized carbons (Fsp3) is 0.161. The number of aromatic nitrogens is 5. The molecule has 0 saturated heterocycles. The molecule has 17 nitrogen and oxygen atoms in total. The number of carboxylic acids is 4. The summed E-state index contributed by atoms with van der Waals surface area (Å²) < 4.78 is 0.0863. The van der Waals surface area contributed by atoms with Gasteiger partial charge in [-0.05, 0) is 178 Å². The molecular weight excluding hydrogens is 1360 g/mol. The highest BCUT2D eigenvalue weighted by Gasteiger charge is 2.32. The van der Waals surface area contributed by atoms with E-state index >= 15 is 0 Å². The lowest BCUT2D eigenvalue weighted by atomic mass is 9.83. The summed E-state index contributed by atoms with van der Waals surface area (Å²) in [6.07, 6.45) is 13.4. The van der Waals surface area contributed by atoms with Gasteiger partial charge in [0.05, 0.1) is 73.7 Å². The standard InChI is InChI=1S/C24H18N2O2.C23H17N3O2S.C21H18N2O2.C19H16N2O2S/c1-24(2,23(27)28)17-9-7-16-13-26-14-22(21(16)11-17)20-10-8-15(12-25)18-5-3-4-6-19(18)20;1-23(2,22(27)28)29-16-9-7-15-13-25-26-21(20(15)11-16)19-10-8-14(12-24)17-5-3-4-6-18(17)19;1-21(2,20(24)25)10-15-5-8-17-12-23-13-19(18(17)9-15)16-6-3-14(11-22)4-7-16;1-19(2,18(22)23)8-14-7-15-16(10-21-11-17(15)24-14)13-5-3-12(9-20)4-6-13/h3-11,13-14H,1-2H3,(H,27,28);3-11,13H,1-2H3,(H,27,28);3-9,12-13H,10H2,1-2H3,(H,24,25);3-7,10-11H,8H2,1-2H3,(H,22,23). The number of thiophene rings is 1. The third-order valence-corrected chi connectivity index (χ3v) is 20.8. The van der Waals surface area contributed by atoms with Gasteiger partial charge in [-0.3, -0.25) is 34.1 Å². The van der Waals surface area contributed by atoms with Crippen LogP contribution >= 0.6 is 23.1 Å². The molecule has 5 heterocycles. The lowest BCUT2D eigenvalue weighted by Gasteiger charge is -2.21. The van der Waals surface area contributed by atoms with Crippen molar-refractivity contribution in [2.24, 2.45) is 10.8 Å². The summed E-state index contributed by atoms with van der Waals surface area (Å²) in [7, 11) is 0. The van der Waals surface area contributed by atoms with Crippen molar-refractivity contribution in [3.8, 4) is 68.9 Å². The number of hydrogen-bond donors (Lipinski definition) is 4. The van der Waals surface area contributed by atoms with E-state index in [0.717, 1.165) is 124 Å². The van der Waals surface area contributed by atoms with Gasteiger partial charge < -0.3 is 20.4 Å². The molecule has 0 bridgehead atoms. The molecule has 0 amide bonds. The van der Waals surface area contributed by atoms with Crippen LogP contribution < -0.4 is 0 Å². The topological polar surface area (TPSA) is 309 Å². The third kappa shape index (κ3) is 15.9. The quantitative estimate of drug-likeness (QED) is 0.0693. The molecule has 0 aliphatic heterocycles. The first-order valence-corrected chi connectivity index (χ1v) is 35.1. The second-order valence-electron chi connectivity index (χ2n) is 27.7. The minimum Gasteiger partial charge on any atom is -0.481 e. The number of aliphatic carboxylic acids is 4. The van der Waals surface area contributed by atoms with Crippen LogP contribution in [0.2, 0.25) is 0 Å². The van der Waals surface area contributed by atoms with Crippen LogP contribution in [0, 0.1) is 56.2 Å². The maximum atomic E-state index is 11.7. The van der Waals surface area contributed by atoms with Gasteiger partial charge in [0.2, 0.25) is 0 Å². The van der Waals surface area contributed by atoms with Crippen LogP contribution in [0.3, 0.4) is 0 Å². The molecule has 0 fully saturated rings. The van der Waals surface area contributed by atoms with E-state index < -0.39 is 44.9 Å². The zero-order valence-electron chi connectivity index (χ0n) is 59.0. The fourth-order valence-electron chi connectivity index (χ4n) is 12.2. The molecule has 0 atom stereocenters. The van der Waals surface area contributed by atoms with Crippen molar-refractivity contribution in [2.75, 3.05) is 0 Å². The molecule has 14 aromatic rings. The second kappa shape index (κ2) is 30.9. The van der Waals surface area contributed by atoms with E-state index in [0.29, 0.717) is 40.8 Å². The molecule has 0 spiro atoms. The average Bonchev–Trinajstić information content (AvgIpc) is 1.05. The van der Waals surface area contributed by atoms with Gasteiger partial charge in [-0.1, -0.05) is 121 Å². The van der Waals surface area contributed by atoms with E-state index in [1.165, 1.54) is 11.8 Å². The summed E-state index contributed by atoms with van der Waals surface area (Å²) in [4.78, 5) is 60.9. The van der Waals surface area contributed by atoms with Gasteiger partial charge >= 0.3 is 23.9 Å². The van der Waals surface area contributed by atoms with E-state index in [4.69, 9.17) is 10.5 Å². The van der Waals surface area contributed by atoms with E-state index in [2.05, 4.69) is 55.5 Å². The maximum Gasteiger partial charge on any atom is 0.319 e. The zero-order valence-corrected chi connectivity index (χ0v) is 60.7. The maximum absolute atomic E-state index is 11.7. The summed E-state index contributed by atoms with van der Waals surface area (Å²) >= 11 is 2.87. The Morgan fingerprint density at radius 2 is 0.906 bits per heavy atom. The first-order valence-electron chi connectivity index (χ1n) is 33.5. The SMILES string of the molecule is CC(C)(C(=O)O)c1ccc2cncc(-c3ccc(C#N)c4ccccc34)c2c1.CC(C)(Cc1cc2c(-c3ccc(C#N)cc3)cncc2s1)C(=O)O.CC(C)(Cc1ccc2cncc(-c3ccc(C#N)cc3)c2c1)C(=O)O.CC(C)(Sc1ccc2cnnc(-c3ccc(C#N)c4ccccc34)c2c1)C(=O)O. The summed E-state index contributed by atoms with van der Waals surface area (Å²) in [6, 6.07) is 66.0. The van der Waals surface area contributed by atoms with Crippen molar-refractivity contribution in [3.05, 3.63) is 264 Å². The highest BCUT2D eigenvalue weighted by atomic mass is 32.2. The molecule has 14 rings (SSSR count). The number of benzene rings is 9. The van der Waals surface area contributed by atoms with Gasteiger partial charge in [0.1, 0.15) is 10.4 Å². The fourth-order valence-corrected chi connectivity index (χ4v) is 14.5. The molecule has 106 heavy (non-hydrogen) atoms. The number of thioether (sulfide) groups is 1. The summed E-state index contributed by atoms with van der Waals surface area (Å²) in [5, 5.41) is 93.5. The van der Waals surface area contributed by atoms with Gasteiger partial charge in [0.15, 0.2) is 0 Å². The number of pyridine rings is 3. The number of carboxylic acid groups (broad SMARTS) is 4. The lowest BCUT2D eigenvalue weighted by molar-refractivity contribution is -0.147. The Hall–Kier alpha value is -13.0. The smallest absolute Gasteiger partial charge is 0.319 e. The molecule has 522 valence electrons. The molecule has 19 heteroatoms. The van der Waals surface area contributed by atoms with Crippen molar-refractivity contribution in [2.45, 2.75) is 83.3 Å². The average molecular weight is 1430 g/mol. The predicted octanol–water partition coefficient (Wildman–Crippen LogP) is 19.5. The second-order valence-corrected chi connectivity index (χ2v) is 30.6. The molecular formula is C87H69N9O8S2. The normalized spacial score (nSPS) is 11.4. The molecule has 0 radical (unpaired) electrons. The van der Waals surface area contributed by atoms with Gasteiger partial charge in [-0.2, -0.15) is 26.1 Å². The molecule has 5 aromatic heterocycles. The van der Waals surface area contributed by atoms with Crippen LogP contribution in [0.1, 0.15) is 93.6 Å². The largest absolute Gasteiger partial charge is 0.481 e. The highest BCUT2D eigenvalue weighted by molar-refractivity contribution is 8.01. The molecule has 0 unspecified atom stereocenters. The van der Waals surface area contributed by atoms with Crippen molar-refractivity contribution >= 4 is 111 Å². The van der Waals surface area contributed by atoms with E-state index in [1.807, 2.05) is 158 Å². The minimum atomic E-state index is -0.999. The molecule has 4 N–H and O–H groups in total. The van der Waals surface area contributed by atoms with Crippen LogP contribution in [0.5, 0.6) is 0 Å². The Balaban J connectivity index is 0.000000141. The van der Waals surface area contributed by atoms with Gasteiger partial charge in [0.25, 0.3) is 0 Å². The van der Waals surface area contributed by atoms with Crippen molar-refractivity contribution in [1.82, 2.24) is 25.1 Å². The van der Waals surface area contributed by atoms with Gasteiger partial charge in [0, 0.05) is 107 Å². The molecule has 0 aliphatic rings. The van der Waals surface area contributed by atoms with Crippen LogP contribution in [0.4, 0.5) is 0 Å². The number of fused-ring (bicyclic) bond motifs is 6. The van der Waals surface area contributed by atoms with Gasteiger partial charge in [-0.15, -0.1) is 28.2 Å². The van der Waals surface area contributed by atoms with E-state index in [-0.39, 0.29) is 0 Å². The summed E-state index contributed by atoms with van der Waals surface area (Å²) in [5.41, 5.74) is 8.96. The first-order chi connectivity index (χ1) is 50.6. The van der Waals surface area contributed by atoms with Crippen LogP contribution in [-0.2, 0) is 37.4 Å². The van der Waals surface area contributed by atoms with E-state index in [1.54, 1.807) is 128 Å². The monoisotopic (exact) mass is 1430 g/mol. The molecule has 0 saturated carbocycles. The minimum absolute atomic E-state index is 0.452. The third-order valence-electron chi connectivity index (χ3n) is 18.6. The Kier molecular flexibility index (Phi) is 21.6. The molecule has 9 aromatic carbocycles. The Morgan fingerprint density at radius 3 is 1.45 bits per heavy atom. The Labute approximate surface area is 619 Å². The molecule has 0 aliphatic carbocycles. The first kappa shape index (κ1) is 74.2. The van der Waals surface area contributed by atoms with E-state index in [9.17, 15) is 50.1 Å². The summed E-state index contributed by atoms with van der Waals surface area (Å²) in [5.74, 6) is -3.35. The summed E-state index contributed by atoms with van der Waals surface area (Å²) in [6.45, 7) is 13.7. The van der Waals surface area contributed by atoms with Crippen LogP contribution in [0.15, 0.2) is 230 Å². The zero-order chi connectivity index (χ0) is 75.8. The number of rotatable bonds is 15. The van der Waals surface area contributed by atoms with Crippen molar-refractivity contribution in [3.63, 3.8) is 0 Å². The lowest BCUT2D eigenvalue weighted by Crippen LogP contribution is -2.28. The highest BCUT2D eigenvalue weighted by Crippen LogP contribution is 2.42. The Bertz CT molecular complexity index is 5980. The van der Waals surface area contributed by atoms with Crippen LogP contribution in [-0.4, -0.2) is 74.2 Å². The van der Waals surface area contributed by atoms with Crippen molar-refractivity contribution in [1.29, 1.82) is 21.0 Å². The van der Waals surface area contributed by atoms with Crippen molar-refractivity contribution < 1.29 is 39.6 Å².